The highest BCUT2D eigenvalue weighted by molar-refractivity contribution is 5.84. The molecule has 0 aliphatic carbocycles. The molecule has 0 aromatic carbocycles. The molecule has 1 aliphatic rings. The van der Waals surface area contributed by atoms with E-state index >= 15 is 0 Å². The summed E-state index contributed by atoms with van der Waals surface area (Å²) < 4.78 is 5.40. The van der Waals surface area contributed by atoms with Crippen molar-refractivity contribution in [2.24, 2.45) is 11.7 Å². The molecule has 1 saturated heterocycles. The van der Waals surface area contributed by atoms with Gasteiger partial charge in [-0.25, -0.2) is 0 Å². The minimum Gasteiger partial charge on any atom is -0.378 e. The van der Waals surface area contributed by atoms with Crippen molar-refractivity contribution < 1.29 is 9.53 Å². The van der Waals surface area contributed by atoms with E-state index in [4.69, 9.17) is 10.5 Å². The van der Waals surface area contributed by atoms with Gasteiger partial charge < -0.3 is 15.8 Å². The molecule has 1 rings (SSSR count). The zero-order valence-corrected chi connectivity index (χ0v) is 9.17. The average molecular weight is 200 g/mol. The standard InChI is InChI=1S/C10H20N2O2/c1-7-8(4-5-14-7)6-12-9(13)10(2,3)11/h7-8H,4-6,11H2,1-3H3,(H,12,13). The van der Waals surface area contributed by atoms with Crippen LogP contribution in [-0.4, -0.2) is 30.7 Å². The van der Waals surface area contributed by atoms with Crippen molar-refractivity contribution in [3.8, 4) is 0 Å². The van der Waals surface area contributed by atoms with Crippen LogP contribution in [0.4, 0.5) is 0 Å². The predicted octanol–water partition coefficient (Wildman–Crippen LogP) is 0.265. The lowest BCUT2D eigenvalue weighted by atomic mass is 10.0. The first kappa shape index (κ1) is 11.5. The minimum atomic E-state index is -0.789. The lowest BCUT2D eigenvalue weighted by Crippen LogP contribution is -2.50. The van der Waals surface area contributed by atoms with E-state index in [-0.39, 0.29) is 12.0 Å². The van der Waals surface area contributed by atoms with Gasteiger partial charge in [-0.2, -0.15) is 0 Å². The Balaban J connectivity index is 2.30. The highest BCUT2D eigenvalue weighted by atomic mass is 16.5. The van der Waals surface area contributed by atoms with E-state index < -0.39 is 5.54 Å². The summed E-state index contributed by atoms with van der Waals surface area (Å²) in [5.74, 6) is 0.331. The van der Waals surface area contributed by atoms with Crippen molar-refractivity contribution in [3.63, 3.8) is 0 Å². The number of ether oxygens (including phenoxy) is 1. The van der Waals surface area contributed by atoms with Gasteiger partial charge in [0.1, 0.15) is 0 Å². The Morgan fingerprint density at radius 2 is 2.29 bits per heavy atom. The summed E-state index contributed by atoms with van der Waals surface area (Å²) in [6, 6.07) is 0. The van der Waals surface area contributed by atoms with E-state index in [0.29, 0.717) is 12.5 Å². The molecule has 82 valence electrons. The van der Waals surface area contributed by atoms with Gasteiger partial charge >= 0.3 is 0 Å². The van der Waals surface area contributed by atoms with Crippen LogP contribution < -0.4 is 11.1 Å². The van der Waals surface area contributed by atoms with Crippen LogP contribution in [0.2, 0.25) is 0 Å². The Morgan fingerprint density at radius 1 is 1.64 bits per heavy atom. The van der Waals surface area contributed by atoms with Crippen LogP contribution in [0.5, 0.6) is 0 Å². The van der Waals surface area contributed by atoms with Crippen molar-refractivity contribution in [1.82, 2.24) is 5.32 Å². The average Bonchev–Trinajstić information content (AvgIpc) is 2.45. The molecule has 0 radical (unpaired) electrons. The van der Waals surface area contributed by atoms with Crippen LogP contribution in [0.3, 0.4) is 0 Å². The maximum atomic E-state index is 11.5. The van der Waals surface area contributed by atoms with Gasteiger partial charge in [0.25, 0.3) is 0 Å². The van der Waals surface area contributed by atoms with Gasteiger partial charge in [0.15, 0.2) is 0 Å². The molecule has 4 heteroatoms. The summed E-state index contributed by atoms with van der Waals surface area (Å²) in [5, 5.41) is 2.85. The molecule has 4 nitrogen and oxygen atoms in total. The number of amides is 1. The van der Waals surface area contributed by atoms with Crippen molar-refractivity contribution in [1.29, 1.82) is 0 Å². The maximum Gasteiger partial charge on any atom is 0.239 e. The number of hydrogen-bond donors (Lipinski definition) is 2. The molecule has 14 heavy (non-hydrogen) atoms. The Hall–Kier alpha value is -0.610. The van der Waals surface area contributed by atoms with Gasteiger partial charge in [-0.1, -0.05) is 0 Å². The van der Waals surface area contributed by atoms with Gasteiger partial charge in [-0.3, -0.25) is 4.79 Å². The maximum absolute atomic E-state index is 11.5. The van der Waals surface area contributed by atoms with E-state index in [1.807, 2.05) is 6.92 Å². The third-order valence-corrected chi connectivity index (χ3v) is 2.64. The van der Waals surface area contributed by atoms with Crippen molar-refractivity contribution in [2.75, 3.05) is 13.2 Å². The fraction of sp³-hybridized carbons (Fsp3) is 0.900. The Kier molecular flexibility index (Phi) is 3.50. The van der Waals surface area contributed by atoms with E-state index in [1.54, 1.807) is 13.8 Å². The summed E-state index contributed by atoms with van der Waals surface area (Å²) in [6.07, 6.45) is 1.27. The third kappa shape index (κ3) is 2.96. The topological polar surface area (TPSA) is 64.3 Å². The van der Waals surface area contributed by atoms with Crippen molar-refractivity contribution >= 4 is 5.91 Å². The normalized spacial score (nSPS) is 27.7. The monoisotopic (exact) mass is 200 g/mol. The predicted molar refractivity (Wildman–Crippen MR) is 54.8 cm³/mol. The molecule has 1 fully saturated rings. The minimum absolute atomic E-state index is 0.100. The first-order chi connectivity index (χ1) is 6.41. The fourth-order valence-electron chi connectivity index (χ4n) is 1.50. The molecule has 0 bridgehead atoms. The number of nitrogens with two attached hydrogens (primary N) is 1. The first-order valence-electron chi connectivity index (χ1n) is 5.10. The van der Waals surface area contributed by atoms with E-state index in [9.17, 15) is 4.79 Å². The Labute approximate surface area is 85.2 Å². The van der Waals surface area contributed by atoms with Gasteiger partial charge in [0, 0.05) is 19.1 Å². The number of rotatable bonds is 3. The summed E-state index contributed by atoms with van der Waals surface area (Å²) in [7, 11) is 0. The van der Waals surface area contributed by atoms with Gasteiger partial charge in [-0.05, 0) is 27.2 Å². The van der Waals surface area contributed by atoms with Crippen molar-refractivity contribution in [3.05, 3.63) is 0 Å². The number of nitrogens with one attached hydrogen (secondary N) is 1. The third-order valence-electron chi connectivity index (χ3n) is 2.64. The van der Waals surface area contributed by atoms with Crippen LogP contribution in [0, 0.1) is 5.92 Å². The molecule has 2 unspecified atom stereocenters. The fourth-order valence-corrected chi connectivity index (χ4v) is 1.50. The van der Waals surface area contributed by atoms with Gasteiger partial charge in [-0.15, -0.1) is 0 Å². The number of hydrogen-bond acceptors (Lipinski definition) is 3. The molecule has 3 N–H and O–H groups in total. The molecule has 1 heterocycles. The van der Waals surface area contributed by atoms with Crippen LogP contribution in [0.1, 0.15) is 27.2 Å². The largest absolute Gasteiger partial charge is 0.378 e. The molecule has 0 aromatic heterocycles. The molecule has 1 amide bonds. The molecule has 2 atom stereocenters. The van der Waals surface area contributed by atoms with Gasteiger partial charge in [0.05, 0.1) is 11.6 Å². The van der Waals surface area contributed by atoms with Gasteiger partial charge in [0.2, 0.25) is 5.91 Å². The molecular formula is C10H20N2O2. The first-order valence-corrected chi connectivity index (χ1v) is 5.10. The summed E-state index contributed by atoms with van der Waals surface area (Å²) >= 11 is 0. The SMILES string of the molecule is CC1OCCC1CNC(=O)C(C)(C)N. The summed E-state index contributed by atoms with van der Waals surface area (Å²) in [6.45, 7) is 6.92. The van der Waals surface area contributed by atoms with E-state index in [2.05, 4.69) is 5.32 Å². The molecule has 0 spiro atoms. The smallest absolute Gasteiger partial charge is 0.239 e. The quantitative estimate of drug-likeness (QED) is 0.687. The summed E-state index contributed by atoms with van der Waals surface area (Å²) in [5.41, 5.74) is 4.87. The number of carbonyl (C=O) groups is 1. The zero-order valence-electron chi connectivity index (χ0n) is 9.17. The van der Waals surface area contributed by atoms with Crippen LogP contribution in [0.15, 0.2) is 0 Å². The second-order valence-electron chi connectivity index (χ2n) is 4.56. The van der Waals surface area contributed by atoms with Crippen LogP contribution >= 0.6 is 0 Å². The zero-order chi connectivity index (χ0) is 10.8. The van der Waals surface area contributed by atoms with E-state index in [0.717, 1.165) is 13.0 Å². The Morgan fingerprint density at radius 3 is 2.71 bits per heavy atom. The van der Waals surface area contributed by atoms with Crippen LogP contribution in [0.25, 0.3) is 0 Å². The molecule has 1 aliphatic heterocycles. The molecule has 0 aromatic rings. The highest BCUT2D eigenvalue weighted by Crippen LogP contribution is 2.19. The molecular weight excluding hydrogens is 180 g/mol. The Bertz CT molecular complexity index is 211. The number of carbonyl (C=O) groups excluding carboxylic acids is 1. The lowest BCUT2D eigenvalue weighted by molar-refractivity contribution is -0.125. The second-order valence-corrected chi connectivity index (χ2v) is 4.56. The van der Waals surface area contributed by atoms with E-state index in [1.165, 1.54) is 0 Å². The summed E-state index contributed by atoms with van der Waals surface area (Å²) in [4.78, 5) is 11.5. The second kappa shape index (κ2) is 4.28. The van der Waals surface area contributed by atoms with Crippen LogP contribution in [-0.2, 0) is 9.53 Å². The highest BCUT2D eigenvalue weighted by Gasteiger charge is 2.27. The van der Waals surface area contributed by atoms with Crippen molar-refractivity contribution in [2.45, 2.75) is 38.8 Å². The lowest BCUT2D eigenvalue weighted by Gasteiger charge is -2.20. The molecule has 0 saturated carbocycles.